The van der Waals surface area contributed by atoms with Crippen molar-refractivity contribution in [1.29, 1.82) is 0 Å². The van der Waals surface area contributed by atoms with E-state index >= 15 is 0 Å². The highest BCUT2D eigenvalue weighted by atomic mass is 16.5. The molecule has 2 aliphatic heterocycles. The number of allylic oxidation sites excluding steroid dienone is 4. The van der Waals surface area contributed by atoms with Gasteiger partial charge in [-0.1, -0.05) is 30.9 Å². The summed E-state index contributed by atoms with van der Waals surface area (Å²) in [5, 5.41) is 5.73. The minimum absolute atomic E-state index is 0.101. The molecule has 4 atom stereocenters. The largest absolute Gasteiger partial charge is 0.491 e. The topological polar surface area (TPSA) is 76.7 Å². The van der Waals surface area contributed by atoms with E-state index in [1.165, 1.54) is 0 Å². The van der Waals surface area contributed by atoms with Crippen LogP contribution in [0, 0.1) is 11.8 Å². The van der Waals surface area contributed by atoms with Gasteiger partial charge in [-0.25, -0.2) is 0 Å². The number of carbonyl (C=O) groups is 2. The van der Waals surface area contributed by atoms with Crippen molar-refractivity contribution in [3.8, 4) is 5.75 Å². The zero-order chi connectivity index (χ0) is 20.5. The lowest BCUT2D eigenvalue weighted by atomic mass is 9.90. The molecule has 0 spiro atoms. The predicted octanol–water partition coefficient (Wildman–Crippen LogP) is 2.59. The van der Waals surface area contributed by atoms with E-state index in [4.69, 9.17) is 9.47 Å². The number of rotatable bonds is 6. The summed E-state index contributed by atoms with van der Waals surface area (Å²) in [6.07, 6.45) is 7.72. The van der Waals surface area contributed by atoms with Gasteiger partial charge in [0.1, 0.15) is 5.75 Å². The maximum Gasteiger partial charge on any atom is 0.254 e. The first-order valence-corrected chi connectivity index (χ1v) is 9.94. The number of ether oxygens (including phenoxy) is 2. The summed E-state index contributed by atoms with van der Waals surface area (Å²) in [6, 6.07) is 3.61. The standard InChI is InChI=1S/C23H26N2O4/c1-4-5-6-7-13(2)17-12-29-21-15(17)8-14(9-16(21)23(27)24-3)22(26)25-20-18-10-28-11-19(18)20/h4-9,17-20H,2,10-12H2,1,3H3,(H,24,27)(H,25,26)/b5-4-,7-6-/t17-,18-,19+,20?/m1/s1. The Bertz CT molecular complexity index is 908. The molecule has 6 heteroatoms. The molecule has 2 N–H and O–H groups in total. The molecule has 1 saturated heterocycles. The highest BCUT2D eigenvalue weighted by Gasteiger charge is 2.54. The fraction of sp³-hybridized carbons (Fsp3) is 0.391. The van der Waals surface area contributed by atoms with Crippen molar-refractivity contribution >= 4 is 11.8 Å². The molecule has 2 amide bonds. The highest BCUT2D eigenvalue weighted by Crippen LogP contribution is 2.45. The van der Waals surface area contributed by atoms with Gasteiger partial charge in [0.05, 0.1) is 25.4 Å². The molecule has 1 unspecified atom stereocenters. The minimum Gasteiger partial charge on any atom is -0.491 e. The van der Waals surface area contributed by atoms with Gasteiger partial charge in [0.25, 0.3) is 11.8 Å². The molecule has 0 radical (unpaired) electrons. The normalized spacial score (nSPS) is 26.8. The Morgan fingerprint density at radius 3 is 2.59 bits per heavy atom. The molecule has 4 rings (SSSR count). The summed E-state index contributed by atoms with van der Waals surface area (Å²) in [4.78, 5) is 25.4. The maximum atomic E-state index is 12.9. The van der Waals surface area contributed by atoms with Crippen LogP contribution in [0.1, 0.15) is 39.1 Å². The van der Waals surface area contributed by atoms with Gasteiger partial charge in [-0.15, -0.1) is 0 Å². The Morgan fingerprint density at radius 1 is 1.14 bits per heavy atom. The van der Waals surface area contributed by atoms with Crippen LogP contribution in [0.15, 0.2) is 48.6 Å². The molecule has 0 aromatic heterocycles. The first kappa shape index (κ1) is 19.5. The van der Waals surface area contributed by atoms with E-state index in [0.29, 0.717) is 48.5 Å². The molecule has 1 saturated carbocycles. The van der Waals surface area contributed by atoms with Crippen molar-refractivity contribution in [2.75, 3.05) is 26.9 Å². The smallest absolute Gasteiger partial charge is 0.254 e. The van der Waals surface area contributed by atoms with Gasteiger partial charge in [-0.2, -0.15) is 0 Å². The molecule has 6 nitrogen and oxygen atoms in total. The van der Waals surface area contributed by atoms with Gasteiger partial charge in [0, 0.05) is 42.0 Å². The van der Waals surface area contributed by atoms with Crippen molar-refractivity contribution in [2.45, 2.75) is 18.9 Å². The lowest BCUT2D eigenvalue weighted by Crippen LogP contribution is -2.30. The van der Waals surface area contributed by atoms with E-state index < -0.39 is 0 Å². The molecule has 1 aliphatic carbocycles. The number of amides is 2. The average molecular weight is 394 g/mol. The number of benzene rings is 1. The molecule has 2 heterocycles. The summed E-state index contributed by atoms with van der Waals surface area (Å²) < 4.78 is 11.2. The molecule has 1 aromatic carbocycles. The van der Waals surface area contributed by atoms with E-state index in [0.717, 1.165) is 11.1 Å². The van der Waals surface area contributed by atoms with Crippen molar-refractivity contribution in [1.82, 2.24) is 10.6 Å². The zero-order valence-corrected chi connectivity index (χ0v) is 16.7. The van der Waals surface area contributed by atoms with Crippen molar-refractivity contribution in [3.63, 3.8) is 0 Å². The van der Waals surface area contributed by atoms with Crippen LogP contribution in [0.25, 0.3) is 0 Å². The van der Waals surface area contributed by atoms with Crippen molar-refractivity contribution in [3.05, 3.63) is 65.3 Å². The van der Waals surface area contributed by atoms with E-state index in [1.54, 1.807) is 13.1 Å². The van der Waals surface area contributed by atoms with E-state index in [9.17, 15) is 9.59 Å². The van der Waals surface area contributed by atoms with Crippen LogP contribution in [0.3, 0.4) is 0 Å². The van der Waals surface area contributed by atoms with Gasteiger partial charge < -0.3 is 20.1 Å². The third-order valence-corrected chi connectivity index (χ3v) is 5.93. The monoisotopic (exact) mass is 394 g/mol. The fourth-order valence-corrected chi connectivity index (χ4v) is 4.16. The third kappa shape index (κ3) is 3.60. The Labute approximate surface area is 170 Å². The Kier molecular flexibility index (Phi) is 5.28. The SMILES string of the molecule is C=C(/C=C\C=C/C)[C@H]1COc2c(C(=O)NC)cc(C(=O)NC3[C@H]4COC[C@@H]34)cc21. The number of hydrogen-bond donors (Lipinski definition) is 2. The molecule has 29 heavy (non-hydrogen) atoms. The molecular formula is C23H26N2O4. The van der Waals surface area contributed by atoms with Crippen LogP contribution < -0.4 is 15.4 Å². The average Bonchev–Trinajstić information content (AvgIpc) is 3.10. The first-order valence-electron chi connectivity index (χ1n) is 9.94. The van der Waals surface area contributed by atoms with Crippen LogP contribution in [0.5, 0.6) is 5.75 Å². The summed E-state index contributed by atoms with van der Waals surface area (Å²) in [5.74, 6) is 0.819. The highest BCUT2D eigenvalue weighted by molar-refractivity contribution is 6.02. The lowest BCUT2D eigenvalue weighted by Gasteiger charge is -2.13. The zero-order valence-electron chi connectivity index (χ0n) is 16.7. The van der Waals surface area contributed by atoms with Gasteiger partial charge in [0.2, 0.25) is 0 Å². The quantitative estimate of drug-likeness (QED) is 0.727. The van der Waals surface area contributed by atoms with Crippen LogP contribution in [-0.4, -0.2) is 44.7 Å². The second kappa shape index (κ2) is 7.87. The van der Waals surface area contributed by atoms with E-state index in [1.807, 2.05) is 37.3 Å². The molecule has 152 valence electrons. The van der Waals surface area contributed by atoms with Gasteiger partial charge in [-0.3, -0.25) is 9.59 Å². The van der Waals surface area contributed by atoms with Crippen molar-refractivity contribution in [2.24, 2.45) is 11.8 Å². The second-order valence-corrected chi connectivity index (χ2v) is 7.71. The number of nitrogens with one attached hydrogen (secondary N) is 2. The van der Waals surface area contributed by atoms with Crippen molar-refractivity contribution < 1.29 is 19.1 Å². The number of carbonyl (C=O) groups excluding carboxylic acids is 2. The fourth-order valence-electron chi connectivity index (χ4n) is 4.16. The van der Waals surface area contributed by atoms with Crippen LogP contribution >= 0.6 is 0 Å². The van der Waals surface area contributed by atoms with Gasteiger partial charge in [0.15, 0.2) is 0 Å². The van der Waals surface area contributed by atoms with E-state index in [-0.39, 0.29) is 23.8 Å². The second-order valence-electron chi connectivity index (χ2n) is 7.71. The van der Waals surface area contributed by atoms with Crippen LogP contribution in [0.4, 0.5) is 0 Å². The molecule has 0 bridgehead atoms. The van der Waals surface area contributed by atoms with Crippen LogP contribution in [-0.2, 0) is 4.74 Å². The first-order chi connectivity index (χ1) is 14.0. The third-order valence-electron chi connectivity index (χ3n) is 5.93. The summed E-state index contributed by atoms with van der Waals surface area (Å²) in [5.41, 5.74) is 2.54. The van der Waals surface area contributed by atoms with Gasteiger partial charge in [-0.05, 0) is 24.6 Å². The van der Waals surface area contributed by atoms with E-state index in [2.05, 4.69) is 17.2 Å². The molecule has 2 fully saturated rings. The Hall–Kier alpha value is -2.86. The predicted molar refractivity (Wildman–Crippen MR) is 110 cm³/mol. The number of fused-ring (bicyclic) bond motifs is 2. The summed E-state index contributed by atoms with van der Waals surface area (Å²) >= 11 is 0. The lowest BCUT2D eigenvalue weighted by molar-refractivity contribution is 0.0929. The Morgan fingerprint density at radius 2 is 1.90 bits per heavy atom. The maximum absolute atomic E-state index is 12.9. The Balaban J connectivity index is 1.63. The van der Waals surface area contributed by atoms with Gasteiger partial charge >= 0.3 is 0 Å². The molecule has 1 aromatic rings. The molecule has 3 aliphatic rings. The van der Waals surface area contributed by atoms with Crippen LogP contribution in [0.2, 0.25) is 0 Å². The number of hydrogen-bond acceptors (Lipinski definition) is 4. The molecular weight excluding hydrogens is 368 g/mol. The minimum atomic E-state index is -0.275. The summed E-state index contributed by atoms with van der Waals surface area (Å²) in [7, 11) is 1.57. The summed E-state index contributed by atoms with van der Waals surface area (Å²) in [6.45, 7) is 7.91.